The Balaban J connectivity index is 1.78. The summed E-state index contributed by atoms with van der Waals surface area (Å²) in [4.78, 5) is 28.6. The summed E-state index contributed by atoms with van der Waals surface area (Å²) in [6.45, 7) is 0.644. The molecule has 3 heterocycles. The molecular formula is C13H15N5O4S2. The van der Waals surface area contributed by atoms with Gasteiger partial charge in [0.25, 0.3) is 11.5 Å². The number of fused-ring (bicyclic) bond motifs is 1. The Morgan fingerprint density at radius 1 is 1.38 bits per heavy atom. The summed E-state index contributed by atoms with van der Waals surface area (Å²) in [6, 6.07) is 2.61. The molecule has 0 fully saturated rings. The van der Waals surface area contributed by atoms with Crippen molar-refractivity contribution in [3.05, 3.63) is 38.8 Å². The maximum Gasteiger partial charge on any atom is 0.277 e. The fourth-order valence-corrected chi connectivity index (χ4v) is 4.18. The van der Waals surface area contributed by atoms with Crippen LogP contribution in [0.3, 0.4) is 0 Å². The average molecular weight is 369 g/mol. The molecule has 1 aliphatic heterocycles. The number of thiazole rings is 1. The van der Waals surface area contributed by atoms with Crippen LogP contribution in [-0.4, -0.2) is 46.2 Å². The Labute approximate surface area is 142 Å². The number of anilines is 1. The second kappa shape index (κ2) is 6.07. The minimum absolute atomic E-state index is 0.100. The Morgan fingerprint density at radius 3 is 2.79 bits per heavy atom. The molecule has 11 heteroatoms. The van der Waals surface area contributed by atoms with Crippen LogP contribution in [0.4, 0.5) is 5.13 Å². The second-order valence-corrected chi connectivity index (χ2v) is 8.44. The van der Waals surface area contributed by atoms with Crippen LogP contribution in [0.1, 0.15) is 21.1 Å². The molecule has 2 aromatic rings. The van der Waals surface area contributed by atoms with Crippen LogP contribution in [-0.2, 0) is 30.0 Å². The molecule has 3 rings (SSSR count). The standard InChI is InChI=1S/C13H15N5O4S2/c1-17-11(19)4-3-9(16-17)12(20)15-13-14-8-5-6-18(24(2,21)22)7-10(8)23-13/h3-4H,5-7H2,1-2H3,(H,14,15,20). The number of carbonyl (C=O) groups excluding carboxylic acids is 1. The third-order valence-corrected chi connectivity index (χ3v) is 5.83. The largest absolute Gasteiger partial charge is 0.296 e. The van der Waals surface area contributed by atoms with E-state index in [1.54, 1.807) is 0 Å². The fourth-order valence-electron chi connectivity index (χ4n) is 2.29. The maximum atomic E-state index is 12.2. The molecule has 0 spiro atoms. The molecule has 128 valence electrons. The first-order valence-corrected chi connectivity index (χ1v) is 9.70. The predicted molar refractivity (Wildman–Crippen MR) is 88.5 cm³/mol. The van der Waals surface area contributed by atoms with Gasteiger partial charge in [0, 0.05) is 37.5 Å². The van der Waals surface area contributed by atoms with Gasteiger partial charge in [-0.2, -0.15) is 9.40 Å². The number of amides is 1. The summed E-state index contributed by atoms with van der Waals surface area (Å²) in [5.74, 6) is -0.475. The third-order valence-electron chi connectivity index (χ3n) is 3.58. The molecule has 0 bridgehead atoms. The maximum absolute atomic E-state index is 12.2. The van der Waals surface area contributed by atoms with E-state index in [0.717, 1.165) is 15.3 Å². The summed E-state index contributed by atoms with van der Waals surface area (Å²) in [6.07, 6.45) is 1.68. The highest BCUT2D eigenvalue weighted by Gasteiger charge is 2.26. The van der Waals surface area contributed by atoms with E-state index in [0.29, 0.717) is 18.1 Å². The lowest BCUT2D eigenvalue weighted by atomic mass is 10.2. The zero-order valence-corrected chi connectivity index (χ0v) is 14.6. The number of nitrogens with zero attached hydrogens (tertiary/aromatic N) is 4. The second-order valence-electron chi connectivity index (χ2n) is 5.37. The minimum Gasteiger partial charge on any atom is -0.296 e. The molecule has 0 unspecified atom stereocenters. The highest BCUT2D eigenvalue weighted by molar-refractivity contribution is 7.88. The third kappa shape index (κ3) is 3.37. The van der Waals surface area contributed by atoms with Gasteiger partial charge in [0.2, 0.25) is 10.0 Å². The highest BCUT2D eigenvalue weighted by atomic mass is 32.2. The fraction of sp³-hybridized carbons (Fsp3) is 0.385. The summed E-state index contributed by atoms with van der Waals surface area (Å²) < 4.78 is 25.7. The van der Waals surface area contributed by atoms with Crippen LogP contribution in [0.25, 0.3) is 0 Å². The number of aromatic nitrogens is 3. The Kier molecular flexibility index (Phi) is 4.24. The van der Waals surface area contributed by atoms with E-state index in [4.69, 9.17) is 0 Å². The Morgan fingerprint density at radius 2 is 2.12 bits per heavy atom. The first-order chi connectivity index (χ1) is 11.2. The molecule has 24 heavy (non-hydrogen) atoms. The van der Waals surface area contributed by atoms with E-state index in [1.165, 1.54) is 41.1 Å². The van der Waals surface area contributed by atoms with Crippen LogP contribution in [0.2, 0.25) is 0 Å². The van der Waals surface area contributed by atoms with Gasteiger partial charge in [0.1, 0.15) is 5.69 Å². The molecule has 1 aliphatic rings. The van der Waals surface area contributed by atoms with E-state index in [2.05, 4.69) is 15.4 Å². The molecule has 1 amide bonds. The average Bonchev–Trinajstić information content (AvgIpc) is 2.90. The molecule has 2 aromatic heterocycles. The van der Waals surface area contributed by atoms with Crippen molar-refractivity contribution in [3.8, 4) is 0 Å². The van der Waals surface area contributed by atoms with E-state index in [-0.39, 0.29) is 17.8 Å². The number of nitrogens with one attached hydrogen (secondary N) is 1. The smallest absolute Gasteiger partial charge is 0.277 e. The predicted octanol–water partition coefficient (Wildman–Crippen LogP) is -0.193. The quantitative estimate of drug-likeness (QED) is 0.802. The number of rotatable bonds is 3. The number of hydrogen-bond acceptors (Lipinski definition) is 7. The molecule has 0 aromatic carbocycles. The van der Waals surface area contributed by atoms with Crippen LogP contribution in [0, 0.1) is 0 Å². The lowest BCUT2D eigenvalue weighted by Crippen LogP contribution is -2.34. The number of aryl methyl sites for hydroxylation is 1. The van der Waals surface area contributed by atoms with Crippen LogP contribution >= 0.6 is 11.3 Å². The highest BCUT2D eigenvalue weighted by Crippen LogP contribution is 2.29. The molecule has 0 radical (unpaired) electrons. The summed E-state index contributed by atoms with van der Waals surface area (Å²) in [5.41, 5.74) is 0.587. The summed E-state index contributed by atoms with van der Waals surface area (Å²) in [5, 5.41) is 6.90. The van der Waals surface area contributed by atoms with Gasteiger partial charge in [-0.15, -0.1) is 11.3 Å². The lowest BCUT2D eigenvalue weighted by molar-refractivity contribution is 0.102. The van der Waals surface area contributed by atoms with Crippen LogP contribution in [0.5, 0.6) is 0 Å². The van der Waals surface area contributed by atoms with E-state index >= 15 is 0 Å². The molecule has 0 aliphatic carbocycles. The van der Waals surface area contributed by atoms with Crippen molar-refractivity contribution in [1.29, 1.82) is 0 Å². The molecule has 9 nitrogen and oxygen atoms in total. The van der Waals surface area contributed by atoms with Gasteiger partial charge in [-0.25, -0.2) is 18.1 Å². The van der Waals surface area contributed by atoms with Gasteiger partial charge in [0.15, 0.2) is 5.13 Å². The Bertz CT molecular complexity index is 963. The zero-order valence-electron chi connectivity index (χ0n) is 13.0. The van der Waals surface area contributed by atoms with E-state index in [9.17, 15) is 18.0 Å². The molecule has 1 N–H and O–H groups in total. The van der Waals surface area contributed by atoms with Gasteiger partial charge < -0.3 is 0 Å². The summed E-state index contributed by atoms with van der Waals surface area (Å²) in [7, 11) is -1.79. The van der Waals surface area contributed by atoms with Crippen LogP contribution < -0.4 is 10.9 Å². The van der Waals surface area contributed by atoms with Gasteiger partial charge >= 0.3 is 0 Å². The van der Waals surface area contributed by atoms with Crippen molar-refractivity contribution in [2.45, 2.75) is 13.0 Å². The number of sulfonamides is 1. The molecule has 0 atom stereocenters. The number of hydrogen-bond donors (Lipinski definition) is 1. The van der Waals surface area contributed by atoms with E-state index in [1.807, 2.05) is 0 Å². The number of carbonyl (C=O) groups is 1. The Hall–Kier alpha value is -2.11. The van der Waals surface area contributed by atoms with Crippen molar-refractivity contribution >= 4 is 32.4 Å². The van der Waals surface area contributed by atoms with Gasteiger partial charge in [-0.1, -0.05) is 0 Å². The minimum atomic E-state index is -3.25. The van der Waals surface area contributed by atoms with Gasteiger partial charge in [-0.3, -0.25) is 14.9 Å². The van der Waals surface area contributed by atoms with E-state index < -0.39 is 15.9 Å². The molecule has 0 saturated heterocycles. The molecular weight excluding hydrogens is 354 g/mol. The van der Waals surface area contributed by atoms with Crippen molar-refractivity contribution in [3.63, 3.8) is 0 Å². The SMILES string of the molecule is Cn1nc(C(=O)Nc2nc3c(s2)CN(S(C)(=O)=O)CC3)ccc1=O. The summed E-state index contributed by atoms with van der Waals surface area (Å²) >= 11 is 1.24. The lowest BCUT2D eigenvalue weighted by Gasteiger charge is -2.23. The zero-order chi connectivity index (χ0) is 17.5. The van der Waals surface area contributed by atoms with Crippen molar-refractivity contribution in [2.24, 2.45) is 7.05 Å². The topological polar surface area (TPSA) is 114 Å². The monoisotopic (exact) mass is 369 g/mol. The van der Waals surface area contributed by atoms with Crippen molar-refractivity contribution < 1.29 is 13.2 Å². The van der Waals surface area contributed by atoms with Crippen LogP contribution in [0.15, 0.2) is 16.9 Å². The van der Waals surface area contributed by atoms with Crippen molar-refractivity contribution in [2.75, 3.05) is 18.1 Å². The first-order valence-electron chi connectivity index (χ1n) is 7.03. The van der Waals surface area contributed by atoms with Gasteiger partial charge in [-0.05, 0) is 6.07 Å². The normalized spacial score (nSPS) is 15.1. The van der Waals surface area contributed by atoms with Gasteiger partial charge in [0.05, 0.1) is 11.9 Å². The first kappa shape index (κ1) is 16.7. The van der Waals surface area contributed by atoms with Crippen molar-refractivity contribution in [1.82, 2.24) is 19.1 Å². The molecule has 0 saturated carbocycles.